The molecule has 3 aliphatic heterocycles. The molecule has 0 radical (unpaired) electrons. The lowest BCUT2D eigenvalue weighted by Gasteiger charge is -2.40. The smallest absolute Gasteiger partial charge is 0.321 e. The van der Waals surface area contributed by atoms with Gasteiger partial charge in [0, 0.05) is 24.8 Å². The van der Waals surface area contributed by atoms with Gasteiger partial charge < -0.3 is 49.8 Å². The fraction of sp³-hybridized carbons (Fsp3) is 0.769. The van der Waals surface area contributed by atoms with E-state index in [1.165, 1.54) is 0 Å². The maximum absolute atomic E-state index is 12.8. The summed E-state index contributed by atoms with van der Waals surface area (Å²) in [4.78, 5) is 25.0. The van der Waals surface area contributed by atoms with Gasteiger partial charge in [0.1, 0.15) is 30.5 Å². The van der Waals surface area contributed by atoms with Crippen LogP contribution in [0.3, 0.4) is 0 Å². The van der Waals surface area contributed by atoms with Gasteiger partial charge in [0.2, 0.25) is 6.29 Å². The summed E-state index contributed by atoms with van der Waals surface area (Å²) in [6, 6.07) is 0. The van der Waals surface area contributed by atoms with Crippen LogP contribution in [-0.2, 0) is 28.5 Å². The van der Waals surface area contributed by atoms with Crippen LogP contribution >= 0.6 is 0 Å². The summed E-state index contributed by atoms with van der Waals surface area (Å²) in [7, 11) is 0. The van der Waals surface area contributed by atoms with Crippen molar-refractivity contribution < 1.29 is 54.1 Å². The van der Waals surface area contributed by atoms with Gasteiger partial charge in [-0.15, -0.1) is 0 Å². The third-order valence-electron chi connectivity index (χ3n) is 8.81. The van der Waals surface area contributed by atoms with Crippen LogP contribution < -0.4 is 5.32 Å². The number of rotatable bonds is 6. The highest BCUT2D eigenvalue weighted by atomic mass is 16.7. The number of ether oxygens (including phenoxy) is 4. The molecule has 4 fully saturated rings. The minimum absolute atomic E-state index is 0.105. The van der Waals surface area contributed by atoms with Crippen molar-refractivity contribution in [3.05, 3.63) is 23.5 Å². The number of piperidine rings is 1. The van der Waals surface area contributed by atoms with Crippen molar-refractivity contribution in [3.63, 3.8) is 0 Å². The highest BCUT2D eigenvalue weighted by Crippen LogP contribution is 2.54. The molecule has 212 valence electrons. The quantitative estimate of drug-likeness (QED) is 0.138. The molecule has 2 aliphatic carbocycles. The Balaban J connectivity index is 1.43. The Labute approximate surface area is 220 Å². The molecule has 12 heteroatoms. The van der Waals surface area contributed by atoms with Crippen LogP contribution in [0.2, 0.25) is 0 Å². The molecular weight excluding hydrogens is 502 g/mol. The number of fused-ring (bicyclic) bond motifs is 3. The van der Waals surface area contributed by atoms with Gasteiger partial charge in [-0.05, 0) is 44.2 Å². The third kappa shape index (κ3) is 4.76. The van der Waals surface area contributed by atoms with Crippen molar-refractivity contribution >= 4 is 11.9 Å². The molecule has 12 atom stereocenters. The molecule has 0 unspecified atom stereocenters. The van der Waals surface area contributed by atoms with E-state index in [9.17, 15) is 35.1 Å². The van der Waals surface area contributed by atoms with E-state index in [1.807, 2.05) is 0 Å². The van der Waals surface area contributed by atoms with Crippen LogP contribution in [0.1, 0.15) is 32.6 Å². The molecule has 1 saturated carbocycles. The number of allylic oxidation sites excluding steroid dienone is 1. The fourth-order valence-electron chi connectivity index (χ4n) is 6.80. The zero-order valence-corrected chi connectivity index (χ0v) is 21.3. The van der Waals surface area contributed by atoms with E-state index in [0.717, 1.165) is 25.0 Å². The number of aliphatic hydroxyl groups excluding tert-OH is 4. The molecule has 5 aliphatic rings. The van der Waals surface area contributed by atoms with Crippen molar-refractivity contribution in [2.24, 2.45) is 23.7 Å². The number of hydrogen-bond donors (Lipinski definition) is 6. The van der Waals surface area contributed by atoms with Crippen LogP contribution in [0.4, 0.5) is 0 Å². The second kappa shape index (κ2) is 10.8. The van der Waals surface area contributed by atoms with Gasteiger partial charge in [-0.3, -0.25) is 9.59 Å². The first-order valence-electron chi connectivity index (χ1n) is 13.3. The highest BCUT2D eigenvalue weighted by Gasteiger charge is 2.60. The van der Waals surface area contributed by atoms with Gasteiger partial charge in [0.25, 0.3) is 0 Å². The number of carbonyl (C=O) groups is 2. The topological polar surface area (TPSA) is 184 Å². The first-order chi connectivity index (χ1) is 18.1. The van der Waals surface area contributed by atoms with E-state index < -0.39 is 79.2 Å². The number of carbonyl (C=O) groups excluding carboxylic acids is 1. The van der Waals surface area contributed by atoms with E-state index in [4.69, 9.17) is 18.9 Å². The lowest BCUT2D eigenvalue weighted by molar-refractivity contribution is -0.292. The molecule has 0 aromatic carbocycles. The van der Waals surface area contributed by atoms with Crippen molar-refractivity contribution in [2.75, 3.05) is 19.7 Å². The predicted octanol–water partition coefficient (Wildman–Crippen LogP) is -0.947. The zero-order chi connectivity index (χ0) is 27.3. The maximum Gasteiger partial charge on any atom is 0.321 e. The largest absolute Gasteiger partial charge is 0.481 e. The summed E-state index contributed by atoms with van der Waals surface area (Å²) in [5.74, 6) is -4.34. The Morgan fingerprint density at radius 1 is 1.18 bits per heavy atom. The van der Waals surface area contributed by atoms with Crippen molar-refractivity contribution in [1.82, 2.24) is 5.32 Å². The summed E-state index contributed by atoms with van der Waals surface area (Å²) < 4.78 is 23.7. The molecule has 0 aromatic rings. The monoisotopic (exact) mass is 539 g/mol. The molecule has 6 N–H and O–H groups in total. The summed E-state index contributed by atoms with van der Waals surface area (Å²) in [6.45, 7) is 7.06. The van der Waals surface area contributed by atoms with Gasteiger partial charge >= 0.3 is 11.9 Å². The summed E-state index contributed by atoms with van der Waals surface area (Å²) in [5.41, 5.74) is 1.52. The Kier molecular flexibility index (Phi) is 7.84. The average molecular weight is 540 g/mol. The molecule has 12 nitrogen and oxygen atoms in total. The zero-order valence-electron chi connectivity index (χ0n) is 21.3. The Morgan fingerprint density at radius 2 is 1.95 bits per heavy atom. The van der Waals surface area contributed by atoms with Gasteiger partial charge in [-0.2, -0.15) is 0 Å². The number of aliphatic carboxylic acids is 1. The average Bonchev–Trinajstić information content (AvgIpc) is 3.37. The number of esters is 1. The first-order valence-corrected chi connectivity index (χ1v) is 13.3. The van der Waals surface area contributed by atoms with Crippen LogP contribution in [0.5, 0.6) is 0 Å². The van der Waals surface area contributed by atoms with Gasteiger partial charge in [-0.25, -0.2) is 0 Å². The van der Waals surface area contributed by atoms with Gasteiger partial charge in [-0.1, -0.05) is 12.2 Å². The van der Waals surface area contributed by atoms with Crippen LogP contribution in [0.15, 0.2) is 23.5 Å². The second-order valence-corrected chi connectivity index (χ2v) is 11.1. The lowest BCUT2D eigenvalue weighted by Crippen LogP contribution is -2.59. The molecule has 5 rings (SSSR count). The van der Waals surface area contributed by atoms with Crippen molar-refractivity contribution in [3.8, 4) is 0 Å². The van der Waals surface area contributed by atoms with Crippen LogP contribution in [0.25, 0.3) is 0 Å². The number of hydrogen-bond acceptors (Lipinski definition) is 11. The Bertz CT molecular complexity index is 976. The van der Waals surface area contributed by atoms with Gasteiger partial charge in [0.15, 0.2) is 5.92 Å². The molecule has 3 saturated heterocycles. The van der Waals surface area contributed by atoms with E-state index >= 15 is 0 Å². The van der Waals surface area contributed by atoms with Crippen LogP contribution in [0, 0.1) is 23.7 Å². The highest BCUT2D eigenvalue weighted by molar-refractivity contribution is 5.96. The lowest BCUT2D eigenvalue weighted by atomic mass is 9.78. The van der Waals surface area contributed by atoms with E-state index in [0.29, 0.717) is 30.7 Å². The number of nitrogens with one attached hydrogen (secondary N) is 1. The molecule has 0 amide bonds. The predicted molar refractivity (Wildman–Crippen MR) is 128 cm³/mol. The summed E-state index contributed by atoms with van der Waals surface area (Å²) in [5, 5.41) is 53.5. The first kappa shape index (κ1) is 27.5. The molecule has 38 heavy (non-hydrogen) atoms. The number of carboxylic acids is 1. The van der Waals surface area contributed by atoms with E-state index in [1.54, 1.807) is 6.92 Å². The van der Waals surface area contributed by atoms with E-state index in [-0.39, 0.29) is 12.0 Å². The van der Waals surface area contributed by atoms with Crippen molar-refractivity contribution in [2.45, 2.75) is 81.6 Å². The fourth-order valence-corrected chi connectivity index (χ4v) is 6.80. The molecule has 0 spiro atoms. The van der Waals surface area contributed by atoms with Gasteiger partial charge in [0.05, 0.1) is 24.6 Å². The molecule has 0 bridgehead atoms. The number of aliphatic hydroxyl groups is 4. The minimum atomic E-state index is -1.59. The SMILES string of the molecule is C=C1C[C@H](O[C@H]2CCCNC2)[C@H]2[C@H](C(=O)O)C(=O)O[C@@H]2[C@H]2C(C)=C(O[C@@H]3O[C@H](CO)[C@@H](O)[C@H](O)[C@H]3O)C[C@@H]12. The molecule has 3 heterocycles. The van der Waals surface area contributed by atoms with Crippen LogP contribution in [-0.4, -0.2) is 106 Å². The Hall–Kier alpha value is -2.06. The van der Waals surface area contributed by atoms with Crippen molar-refractivity contribution in [1.29, 1.82) is 0 Å². The minimum Gasteiger partial charge on any atom is -0.481 e. The number of carboxylic acid groups (broad SMARTS) is 1. The standard InChI is InChI=1S/C26H37NO11/c1-10-6-15(35-12-4-3-5-27-8-12)18-19(24(32)33)25(34)38-23(18)17-11(2)14(7-13(10)17)36-26-22(31)21(30)20(29)16(9-28)37-26/h12-13,15-23,26-31H,1,3-9H2,2H3,(H,32,33)/t12-,13-,15-,16+,17-,18-,19+,20+,21-,22+,23+,26+/m0/s1. The maximum atomic E-state index is 12.8. The van der Waals surface area contributed by atoms with E-state index in [2.05, 4.69) is 11.9 Å². The normalized spacial score (nSPS) is 45.3. The second-order valence-electron chi connectivity index (χ2n) is 11.1. The molecular formula is C26H37NO11. The Morgan fingerprint density at radius 3 is 2.61 bits per heavy atom. The molecule has 0 aromatic heterocycles. The summed E-state index contributed by atoms with van der Waals surface area (Å²) >= 11 is 0. The third-order valence-corrected chi connectivity index (χ3v) is 8.81. The summed E-state index contributed by atoms with van der Waals surface area (Å²) in [6.07, 6.45) is -6.11.